The summed E-state index contributed by atoms with van der Waals surface area (Å²) in [6.07, 6.45) is 3.99. The van der Waals surface area contributed by atoms with Gasteiger partial charge in [-0.15, -0.1) is 11.3 Å². The lowest BCUT2D eigenvalue weighted by Gasteiger charge is -2.40. The molecule has 0 bridgehead atoms. The van der Waals surface area contributed by atoms with Crippen molar-refractivity contribution >= 4 is 25.6 Å². The summed E-state index contributed by atoms with van der Waals surface area (Å²) in [7, 11) is -1.99. The number of hydrogen-bond donors (Lipinski definition) is 1. The smallest absolute Gasteiger partial charge is 0.268 e. The third kappa shape index (κ3) is 6.37. The molecule has 2 atom stereocenters. The zero-order chi connectivity index (χ0) is 25.1. The zero-order valence-electron chi connectivity index (χ0n) is 21.3. The van der Waals surface area contributed by atoms with Crippen LogP contribution in [-0.4, -0.2) is 36.5 Å². The number of thiophene rings is 1. The Morgan fingerprint density at radius 2 is 1.97 bits per heavy atom. The van der Waals surface area contributed by atoms with Crippen molar-refractivity contribution < 1.29 is 14.0 Å². The number of hydrogen-bond acceptors (Lipinski definition) is 5. The number of carbonyl (C=O) groups excluding carboxylic acids is 1. The largest absolute Gasteiger partial charge is 0.493 e. The van der Waals surface area contributed by atoms with E-state index in [2.05, 4.69) is 77.0 Å². The van der Waals surface area contributed by atoms with Crippen LogP contribution in [0.25, 0.3) is 10.4 Å². The molecule has 0 saturated heterocycles. The molecule has 0 aliphatic carbocycles. The van der Waals surface area contributed by atoms with Gasteiger partial charge >= 0.3 is 0 Å². The Balaban J connectivity index is 1.74. The maximum absolute atomic E-state index is 11.6. The van der Waals surface area contributed by atoms with Gasteiger partial charge in [0.1, 0.15) is 11.4 Å². The first-order valence-electron chi connectivity index (χ1n) is 11.7. The van der Waals surface area contributed by atoms with Crippen molar-refractivity contribution in [2.24, 2.45) is 5.73 Å². The van der Waals surface area contributed by atoms with Crippen LogP contribution in [0.15, 0.2) is 48.9 Å². The maximum Gasteiger partial charge on any atom is 0.268 e. The van der Waals surface area contributed by atoms with Crippen LogP contribution in [0.5, 0.6) is 5.75 Å². The summed E-state index contributed by atoms with van der Waals surface area (Å²) in [5.74, 6) is 0.302. The van der Waals surface area contributed by atoms with Crippen LogP contribution in [0.2, 0.25) is 18.1 Å². The van der Waals surface area contributed by atoms with Gasteiger partial charge < -0.3 is 19.5 Å². The molecule has 0 spiro atoms. The monoisotopic (exact) mass is 499 g/mol. The van der Waals surface area contributed by atoms with Crippen molar-refractivity contribution in [3.8, 4) is 16.2 Å². The molecule has 0 fully saturated rings. The Bertz CT molecular complexity index is 1120. The highest BCUT2D eigenvalue weighted by Gasteiger charge is 2.40. The second kappa shape index (κ2) is 10.5. The van der Waals surface area contributed by atoms with Gasteiger partial charge in [-0.3, -0.25) is 4.79 Å². The van der Waals surface area contributed by atoms with Gasteiger partial charge in [0.05, 0.1) is 25.1 Å². The summed E-state index contributed by atoms with van der Waals surface area (Å²) in [6, 6.07) is 12.4. The summed E-state index contributed by atoms with van der Waals surface area (Å²) >= 11 is 1.77. The summed E-state index contributed by atoms with van der Waals surface area (Å²) in [6.45, 7) is 15.9. The van der Waals surface area contributed by atoms with E-state index in [0.29, 0.717) is 13.0 Å². The van der Waals surface area contributed by atoms with E-state index in [9.17, 15) is 4.79 Å². The Morgan fingerprint density at radius 1 is 1.24 bits per heavy atom. The number of nitrogens with zero attached hydrogens (tertiary/aromatic N) is 2. The van der Waals surface area contributed by atoms with E-state index in [4.69, 9.17) is 14.9 Å². The number of ether oxygens (including phenoxy) is 1. The van der Waals surface area contributed by atoms with E-state index in [-0.39, 0.29) is 22.9 Å². The molecule has 2 N–H and O–H groups in total. The van der Waals surface area contributed by atoms with Gasteiger partial charge in [0.2, 0.25) is 0 Å². The number of primary amides is 1. The highest BCUT2D eigenvalue weighted by Crippen LogP contribution is 2.39. The zero-order valence-corrected chi connectivity index (χ0v) is 23.1. The molecular formula is C26H37N3O3SSi. The quantitative estimate of drug-likeness (QED) is 0.326. The first-order valence-corrected chi connectivity index (χ1v) is 15.4. The van der Waals surface area contributed by atoms with Crippen molar-refractivity contribution in [2.45, 2.75) is 71.3 Å². The molecule has 6 nitrogen and oxygen atoms in total. The van der Waals surface area contributed by atoms with Crippen LogP contribution >= 0.6 is 11.3 Å². The Labute approximate surface area is 208 Å². The minimum Gasteiger partial charge on any atom is -0.493 e. The molecule has 2 unspecified atom stereocenters. The van der Waals surface area contributed by atoms with E-state index in [0.717, 1.165) is 11.3 Å². The molecule has 8 heteroatoms. The van der Waals surface area contributed by atoms with E-state index in [1.807, 2.05) is 16.7 Å². The average Bonchev–Trinajstić information content (AvgIpc) is 3.40. The van der Waals surface area contributed by atoms with Crippen molar-refractivity contribution in [2.75, 3.05) is 6.61 Å². The molecule has 0 saturated carbocycles. The summed E-state index contributed by atoms with van der Waals surface area (Å²) in [5.41, 5.74) is 6.85. The highest BCUT2D eigenvalue weighted by atomic mass is 32.1. The molecule has 1 amide bonds. The minimum atomic E-state index is -1.99. The molecule has 34 heavy (non-hydrogen) atoms. The fourth-order valence-electron chi connectivity index (χ4n) is 3.62. The molecule has 3 aromatic rings. The first kappa shape index (κ1) is 26.2. The minimum absolute atomic E-state index is 0.0437. The van der Waals surface area contributed by atoms with Crippen LogP contribution in [0.1, 0.15) is 55.5 Å². The number of rotatable bonds is 10. The Hall–Kier alpha value is -2.42. The molecule has 0 aliphatic heterocycles. The van der Waals surface area contributed by atoms with Gasteiger partial charge in [0.25, 0.3) is 5.91 Å². The SMILES string of the molecule is Cc1ccc(-c2cccc(OCCC(C(C)O[Si](C)(C)C(C)(C)C)n3cnc(C(N)=O)c3)c2)s1. The third-order valence-electron chi connectivity index (χ3n) is 6.61. The second-order valence-corrected chi connectivity index (χ2v) is 16.3. The fourth-order valence-corrected chi connectivity index (χ4v) is 5.92. The summed E-state index contributed by atoms with van der Waals surface area (Å²) in [4.78, 5) is 18.3. The number of aryl methyl sites for hydroxylation is 1. The lowest BCUT2D eigenvalue weighted by atomic mass is 10.1. The molecule has 2 aromatic heterocycles. The number of amides is 1. The Kier molecular flexibility index (Phi) is 8.05. The van der Waals surface area contributed by atoms with E-state index in [1.165, 1.54) is 9.75 Å². The average molecular weight is 500 g/mol. The van der Waals surface area contributed by atoms with Crippen molar-refractivity contribution in [3.05, 3.63) is 59.5 Å². The van der Waals surface area contributed by atoms with E-state index in [1.54, 1.807) is 23.9 Å². The molecule has 2 heterocycles. The van der Waals surface area contributed by atoms with Gasteiger partial charge in [0.15, 0.2) is 8.32 Å². The van der Waals surface area contributed by atoms with E-state index < -0.39 is 14.2 Å². The van der Waals surface area contributed by atoms with Crippen LogP contribution in [0.4, 0.5) is 0 Å². The van der Waals surface area contributed by atoms with Gasteiger partial charge in [-0.05, 0) is 61.8 Å². The molecule has 1 aromatic carbocycles. The Morgan fingerprint density at radius 3 is 2.56 bits per heavy atom. The fraction of sp³-hybridized carbons (Fsp3) is 0.462. The van der Waals surface area contributed by atoms with Crippen molar-refractivity contribution in [3.63, 3.8) is 0 Å². The molecular weight excluding hydrogens is 462 g/mol. The van der Waals surface area contributed by atoms with Gasteiger partial charge in [-0.1, -0.05) is 32.9 Å². The van der Waals surface area contributed by atoms with Crippen molar-refractivity contribution in [1.82, 2.24) is 9.55 Å². The van der Waals surface area contributed by atoms with E-state index >= 15 is 0 Å². The number of imidazole rings is 1. The van der Waals surface area contributed by atoms with Gasteiger partial charge in [0, 0.05) is 22.4 Å². The standard InChI is InChI=1S/C26H37N3O3SSi/c1-18-11-12-24(33-18)20-9-8-10-21(15-20)31-14-13-23(29-16-22(25(27)30)28-17-29)19(2)32-34(6,7)26(3,4)5/h8-12,15-17,19,23H,13-14H2,1-7H3,(H2,27,30). The lowest BCUT2D eigenvalue weighted by Crippen LogP contribution is -2.45. The van der Waals surface area contributed by atoms with Gasteiger partial charge in [-0.25, -0.2) is 4.98 Å². The second-order valence-electron chi connectivity index (χ2n) is 10.3. The normalized spacial score (nSPS) is 14.1. The molecule has 3 rings (SSSR count). The van der Waals surface area contributed by atoms with Crippen LogP contribution in [-0.2, 0) is 4.43 Å². The van der Waals surface area contributed by atoms with Crippen LogP contribution < -0.4 is 10.5 Å². The number of aromatic nitrogens is 2. The predicted octanol–water partition coefficient (Wildman–Crippen LogP) is 6.44. The summed E-state index contributed by atoms with van der Waals surface area (Å²) in [5, 5.41) is 0.0935. The summed E-state index contributed by atoms with van der Waals surface area (Å²) < 4.78 is 14.8. The topological polar surface area (TPSA) is 79.4 Å². The van der Waals surface area contributed by atoms with Crippen LogP contribution in [0, 0.1) is 6.92 Å². The van der Waals surface area contributed by atoms with Crippen LogP contribution in [0.3, 0.4) is 0 Å². The molecule has 184 valence electrons. The maximum atomic E-state index is 11.6. The van der Waals surface area contributed by atoms with Gasteiger partial charge in [-0.2, -0.15) is 0 Å². The molecule has 0 aliphatic rings. The van der Waals surface area contributed by atoms with Crippen molar-refractivity contribution in [1.29, 1.82) is 0 Å². The predicted molar refractivity (Wildman–Crippen MR) is 142 cm³/mol. The number of nitrogens with two attached hydrogens (primary N) is 1. The number of carbonyl (C=O) groups is 1. The third-order valence-corrected chi connectivity index (χ3v) is 12.2. The first-order chi connectivity index (χ1) is 15.9. The number of benzene rings is 1. The molecule has 0 radical (unpaired) electrons. The lowest BCUT2D eigenvalue weighted by molar-refractivity contribution is 0.0994. The highest BCUT2D eigenvalue weighted by molar-refractivity contribution is 7.15.